The maximum Gasteiger partial charge on any atom is 0.189 e. The molecule has 0 aromatic heterocycles. The van der Waals surface area contributed by atoms with E-state index in [4.69, 9.17) is 9.73 Å². The first-order chi connectivity index (χ1) is 10.2. The Morgan fingerprint density at radius 3 is 2.52 bits per heavy atom. The van der Waals surface area contributed by atoms with E-state index < -0.39 is 0 Å². The molecule has 1 atom stereocenters. The summed E-state index contributed by atoms with van der Waals surface area (Å²) >= 11 is 1.88. The van der Waals surface area contributed by atoms with Crippen molar-refractivity contribution in [3.8, 4) is 0 Å². The summed E-state index contributed by atoms with van der Waals surface area (Å²) in [4.78, 5) is 5.94. The van der Waals surface area contributed by atoms with Gasteiger partial charge in [0.25, 0.3) is 0 Å². The lowest BCUT2D eigenvalue weighted by Crippen LogP contribution is -2.05. The number of hydrogen-bond donors (Lipinski definition) is 0. The minimum Gasteiger partial charge on any atom is -0.484 e. The zero-order valence-electron chi connectivity index (χ0n) is 12.6. The second-order valence-corrected chi connectivity index (χ2v) is 6.58. The van der Waals surface area contributed by atoms with E-state index in [1.165, 1.54) is 21.6 Å². The number of nitrogens with zero attached hydrogens (tertiary/aromatic N) is 1. The molecule has 1 aliphatic heterocycles. The molecule has 0 saturated heterocycles. The van der Waals surface area contributed by atoms with E-state index in [2.05, 4.69) is 56.3 Å². The zero-order valence-corrected chi connectivity index (χ0v) is 13.4. The van der Waals surface area contributed by atoms with Gasteiger partial charge < -0.3 is 4.74 Å². The standard InChI is InChI=1S/C18H19NOS/c1-12-9-15-17(10-13(12)2)21-16(11-18(19-15)20-3)14-7-5-4-6-8-14/h4-10,16H,11H2,1-3H3. The lowest BCUT2D eigenvalue weighted by Gasteiger charge is -2.15. The first-order valence-corrected chi connectivity index (χ1v) is 7.99. The van der Waals surface area contributed by atoms with Crippen LogP contribution in [0, 0.1) is 13.8 Å². The highest BCUT2D eigenvalue weighted by Crippen LogP contribution is 2.45. The maximum atomic E-state index is 5.49. The van der Waals surface area contributed by atoms with Crippen molar-refractivity contribution in [2.75, 3.05) is 7.11 Å². The Labute approximate surface area is 130 Å². The Hall–Kier alpha value is -1.74. The smallest absolute Gasteiger partial charge is 0.189 e. The first-order valence-electron chi connectivity index (χ1n) is 7.12. The monoisotopic (exact) mass is 297 g/mol. The minimum absolute atomic E-state index is 0.341. The minimum atomic E-state index is 0.341. The summed E-state index contributed by atoms with van der Waals surface area (Å²) < 4.78 is 5.49. The van der Waals surface area contributed by atoms with Gasteiger partial charge in [0.15, 0.2) is 5.90 Å². The molecule has 108 valence electrons. The van der Waals surface area contributed by atoms with E-state index in [9.17, 15) is 0 Å². The van der Waals surface area contributed by atoms with Crippen molar-refractivity contribution >= 4 is 23.3 Å². The largest absolute Gasteiger partial charge is 0.484 e. The summed E-state index contributed by atoms with van der Waals surface area (Å²) in [6, 6.07) is 15.0. The van der Waals surface area contributed by atoms with Crippen LogP contribution < -0.4 is 0 Å². The first kappa shape index (κ1) is 14.2. The Morgan fingerprint density at radius 1 is 1.10 bits per heavy atom. The van der Waals surface area contributed by atoms with Gasteiger partial charge in [-0.05, 0) is 42.7 Å². The molecule has 0 radical (unpaired) electrons. The summed E-state index contributed by atoms with van der Waals surface area (Å²) in [5, 5.41) is 0.341. The molecule has 0 saturated carbocycles. The molecule has 2 nitrogen and oxygen atoms in total. The van der Waals surface area contributed by atoms with Crippen LogP contribution in [-0.4, -0.2) is 13.0 Å². The molecular weight excluding hydrogens is 278 g/mol. The molecule has 0 amide bonds. The van der Waals surface area contributed by atoms with Gasteiger partial charge in [-0.15, -0.1) is 11.8 Å². The van der Waals surface area contributed by atoms with Crippen LogP contribution >= 0.6 is 11.8 Å². The van der Waals surface area contributed by atoms with E-state index in [0.29, 0.717) is 5.25 Å². The predicted octanol–water partition coefficient (Wildman–Crippen LogP) is 5.22. The van der Waals surface area contributed by atoms with Crippen LogP contribution in [0.4, 0.5) is 5.69 Å². The topological polar surface area (TPSA) is 21.6 Å². The summed E-state index contributed by atoms with van der Waals surface area (Å²) in [5.74, 6) is 0.804. The molecule has 2 aromatic carbocycles. The molecule has 2 aromatic rings. The highest BCUT2D eigenvalue weighted by Gasteiger charge is 2.22. The van der Waals surface area contributed by atoms with E-state index in [1.54, 1.807) is 7.11 Å². The number of rotatable bonds is 1. The second kappa shape index (κ2) is 5.94. The van der Waals surface area contributed by atoms with Gasteiger partial charge in [-0.25, -0.2) is 4.99 Å². The van der Waals surface area contributed by atoms with Crippen LogP contribution in [0.3, 0.4) is 0 Å². The third-order valence-electron chi connectivity index (χ3n) is 3.86. The molecule has 1 unspecified atom stereocenters. The summed E-state index contributed by atoms with van der Waals surface area (Å²) in [6.45, 7) is 4.28. The van der Waals surface area contributed by atoms with Crippen LogP contribution in [0.5, 0.6) is 0 Å². The molecule has 1 heterocycles. The number of thioether (sulfide) groups is 1. The molecule has 1 aliphatic rings. The Balaban J connectivity index is 2.05. The summed E-state index contributed by atoms with van der Waals surface area (Å²) in [6.07, 6.45) is 0.817. The van der Waals surface area contributed by atoms with Crippen molar-refractivity contribution in [3.05, 3.63) is 59.2 Å². The molecular formula is C18H19NOS. The van der Waals surface area contributed by atoms with Crippen LogP contribution in [0.25, 0.3) is 0 Å². The van der Waals surface area contributed by atoms with Gasteiger partial charge in [0.2, 0.25) is 0 Å². The number of aryl methyl sites for hydroxylation is 2. The van der Waals surface area contributed by atoms with Crippen LogP contribution in [-0.2, 0) is 4.74 Å². The van der Waals surface area contributed by atoms with Gasteiger partial charge in [0.05, 0.1) is 12.8 Å². The Bertz CT molecular complexity index is 679. The number of benzene rings is 2. The van der Waals surface area contributed by atoms with Crippen molar-refractivity contribution in [1.29, 1.82) is 0 Å². The molecule has 0 aliphatic carbocycles. The number of fused-ring (bicyclic) bond motifs is 1. The van der Waals surface area contributed by atoms with Gasteiger partial charge in [-0.3, -0.25) is 0 Å². The average Bonchev–Trinajstić information content (AvgIpc) is 2.68. The van der Waals surface area contributed by atoms with E-state index in [-0.39, 0.29) is 0 Å². The second-order valence-electron chi connectivity index (χ2n) is 5.34. The fourth-order valence-electron chi connectivity index (χ4n) is 2.47. The number of ether oxygens (including phenoxy) is 1. The molecule has 0 fully saturated rings. The fraction of sp³-hybridized carbons (Fsp3) is 0.278. The average molecular weight is 297 g/mol. The van der Waals surface area contributed by atoms with Gasteiger partial charge in [-0.2, -0.15) is 0 Å². The normalized spacial score (nSPS) is 17.7. The molecule has 3 heteroatoms. The quantitative estimate of drug-likeness (QED) is 0.720. The van der Waals surface area contributed by atoms with Crippen LogP contribution in [0.1, 0.15) is 28.4 Å². The number of methoxy groups -OCH3 is 1. The summed E-state index contributed by atoms with van der Waals surface area (Å²) in [7, 11) is 1.71. The van der Waals surface area contributed by atoms with Crippen LogP contribution in [0.15, 0.2) is 52.4 Å². The third kappa shape index (κ3) is 2.98. The van der Waals surface area contributed by atoms with Gasteiger partial charge in [0, 0.05) is 16.6 Å². The molecule has 21 heavy (non-hydrogen) atoms. The molecule has 0 bridgehead atoms. The number of hydrogen-bond acceptors (Lipinski definition) is 3. The van der Waals surface area contributed by atoms with Crippen molar-refractivity contribution in [2.24, 2.45) is 4.99 Å². The van der Waals surface area contributed by atoms with Gasteiger partial charge in [-0.1, -0.05) is 30.3 Å². The highest BCUT2D eigenvalue weighted by molar-refractivity contribution is 7.99. The molecule has 3 rings (SSSR count). The maximum absolute atomic E-state index is 5.49. The van der Waals surface area contributed by atoms with E-state index in [1.807, 2.05) is 11.8 Å². The van der Waals surface area contributed by atoms with Gasteiger partial charge >= 0.3 is 0 Å². The summed E-state index contributed by atoms with van der Waals surface area (Å²) in [5.41, 5.74) is 4.92. The lowest BCUT2D eigenvalue weighted by molar-refractivity contribution is 0.390. The third-order valence-corrected chi connectivity index (χ3v) is 5.16. The van der Waals surface area contributed by atoms with E-state index in [0.717, 1.165) is 18.0 Å². The predicted molar refractivity (Wildman–Crippen MR) is 89.7 cm³/mol. The lowest BCUT2D eigenvalue weighted by atomic mass is 10.1. The molecule has 0 N–H and O–H groups in total. The number of aliphatic imine (C=N–C) groups is 1. The zero-order chi connectivity index (χ0) is 14.8. The highest BCUT2D eigenvalue weighted by atomic mass is 32.2. The molecule has 0 spiro atoms. The van der Waals surface area contributed by atoms with Crippen molar-refractivity contribution in [1.82, 2.24) is 0 Å². The van der Waals surface area contributed by atoms with Gasteiger partial charge in [0.1, 0.15) is 0 Å². The van der Waals surface area contributed by atoms with E-state index >= 15 is 0 Å². The van der Waals surface area contributed by atoms with Crippen molar-refractivity contribution in [2.45, 2.75) is 30.4 Å². The Kier molecular flexibility index (Phi) is 4.02. The fourth-order valence-corrected chi connectivity index (χ4v) is 3.77. The van der Waals surface area contributed by atoms with Crippen molar-refractivity contribution < 1.29 is 4.74 Å². The van der Waals surface area contributed by atoms with Crippen LogP contribution in [0.2, 0.25) is 0 Å². The SMILES string of the molecule is COC1=Nc2cc(C)c(C)cc2SC(c2ccccc2)C1. The van der Waals surface area contributed by atoms with Crippen molar-refractivity contribution in [3.63, 3.8) is 0 Å². The Morgan fingerprint density at radius 2 is 1.81 bits per heavy atom.